The Hall–Kier alpha value is -2.98. The summed E-state index contributed by atoms with van der Waals surface area (Å²) < 4.78 is 24.7. The van der Waals surface area contributed by atoms with Crippen LogP contribution in [-0.4, -0.2) is 54.0 Å². The molecule has 0 bridgehead atoms. The number of hydrogen-bond donors (Lipinski definition) is 3. The van der Waals surface area contributed by atoms with Gasteiger partial charge in [-0.2, -0.15) is 9.29 Å². The van der Waals surface area contributed by atoms with Crippen molar-refractivity contribution >= 4 is 39.0 Å². The summed E-state index contributed by atoms with van der Waals surface area (Å²) in [4.78, 5) is 20.2. The number of rotatable bonds is 7. The maximum Gasteiger partial charge on any atom is 0.254 e. The Morgan fingerprint density at radius 1 is 1.23 bits per heavy atom. The first-order valence-electron chi connectivity index (χ1n) is 9.74. The molecule has 0 saturated heterocycles. The molecule has 0 spiro atoms. The van der Waals surface area contributed by atoms with Gasteiger partial charge in [0.15, 0.2) is 0 Å². The van der Waals surface area contributed by atoms with Crippen molar-refractivity contribution in [3.05, 3.63) is 47.7 Å². The van der Waals surface area contributed by atoms with Crippen molar-refractivity contribution in [2.75, 3.05) is 30.0 Å². The highest BCUT2D eigenvalue weighted by atomic mass is 32.2. The second kappa shape index (κ2) is 8.04. The SMILES string of the molecule is CS(=O)(=O)N1CC=C(c2ccc(Nc3ncc(C(N)=O)c(NC4CC4)n3)cc2)CC1. The van der Waals surface area contributed by atoms with Crippen molar-refractivity contribution in [3.63, 3.8) is 0 Å². The van der Waals surface area contributed by atoms with Gasteiger partial charge in [-0.05, 0) is 42.5 Å². The Balaban J connectivity index is 1.46. The van der Waals surface area contributed by atoms with Crippen LogP contribution in [0.25, 0.3) is 5.57 Å². The van der Waals surface area contributed by atoms with Gasteiger partial charge < -0.3 is 16.4 Å². The maximum atomic E-state index is 11.6. The van der Waals surface area contributed by atoms with Crippen molar-refractivity contribution in [3.8, 4) is 0 Å². The fraction of sp³-hybridized carbons (Fsp3) is 0.350. The van der Waals surface area contributed by atoms with E-state index in [1.165, 1.54) is 16.8 Å². The number of nitrogens with two attached hydrogens (primary N) is 1. The van der Waals surface area contributed by atoms with Crippen molar-refractivity contribution in [1.29, 1.82) is 0 Å². The maximum absolute atomic E-state index is 11.6. The number of anilines is 3. The molecule has 2 aliphatic rings. The van der Waals surface area contributed by atoms with Crippen molar-refractivity contribution in [2.24, 2.45) is 5.73 Å². The molecule has 0 atom stereocenters. The second-order valence-electron chi connectivity index (χ2n) is 7.54. The first-order valence-corrected chi connectivity index (χ1v) is 11.6. The zero-order valence-electron chi connectivity index (χ0n) is 16.6. The Morgan fingerprint density at radius 3 is 2.53 bits per heavy atom. The molecule has 10 heteroatoms. The molecule has 0 unspecified atom stereocenters. The minimum absolute atomic E-state index is 0.273. The fourth-order valence-electron chi connectivity index (χ4n) is 3.26. The van der Waals surface area contributed by atoms with Gasteiger partial charge in [0.25, 0.3) is 5.91 Å². The minimum atomic E-state index is -3.16. The summed E-state index contributed by atoms with van der Waals surface area (Å²) >= 11 is 0. The summed E-state index contributed by atoms with van der Waals surface area (Å²) in [6.07, 6.45) is 7.38. The molecule has 158 valence electrons. The standard InChI is InChI=1S/C20H24N6O3S/c1-30(28,29)26-10-8-14(9-11-26)13-2-4-16(5-3-13)24-20-22-12-17(18(21)27)19(25-20)23-15-6-7-15/h2-5,8,12,15H,6-7,9-11H2,1H3,(H2,21,27)(H2,22,23,24,25). The molecule has 1 fully saturated rings. The van der Waals surface area contributed by atoms with Crippen LogP contribution in [0.4, 0.5) is 17.5 Å². The van der Waals surface area contributed by atoms with Crippen LogP contribution < -0.4 is 16.4 Å². The summed E-state index contributed by atoms with van der Waals surface area (Å²) in [6.45, 7) is 0.881. The Labute approximate surface area is 175 Å². The first-order chi connectivity index (χ1) is 14.3. The normalized spacial score (nSPS) is 17.3. The summed E-state index contributed by atoms with van der Waals surface area (Å²) in [7, 11) is -3.16. The molecule has 2 heterocycles. The average Bonchev–Trinajstić information content (AvgIpc) is 3.52. The van der Waals surface area contributed by atoms with Crippen LogP contribution in [0.1, 0.15) is 35.2 Å². The number of hydrogen-bond acceptors (Lipinski definition) is 7. The topological polar surface area (TPSA) is 130 Å². The lowest BCUT2D eigenvalue weighted by Crippen LogP contribution is -2.33. The molecule has 0 radical (unpaired) electrons. The lowest BCUT2D eigenvalue weighted by molar-refractivity contribution is 0.100. The molecular formula is C20H24N6O3S. The Morgan fingerprint density at radius 2 is 1.97 bits per heavy atom. The van der Waals surface area contributed by atoms with E-state index in [4.69, 9.17) is 5.73 Å². The van der Waals surface area contributed by atoms with E-state index in [1.54, 1.807) is 0 Å². The molecule has 1 aromatic heterocycles. The van der Waals surface area contributed by atoms with Crippen LogP contribution in [0.3, 0.4) is 0 Å². The van der Waals surface area contributed by atoms with Crippen LogP contribution in [0.2, 0.25) is 0 Å². The van der Waals surface area contributed by atoms with E-state index in [9.17, 15) is 13.2 Å². The van der Waals surface area contributed by atoms with Crippen LogP contribution in [0.5, 0.6) is 0 Å². The summed E-state index contributed by atoms with van der Waals surface area (Å²) in [6, 6.07) is 8.11. The van der Waals surface area contributed by atoms with Gasteiger partial charge in [-0.3, -0.25) is 4.79 Å². The third-order valence-electron chi connectivity index (χ3n) is 5.13. The molecule has 1 aromatic carbocycles. The van der Waals surface area contributed by atoms with E-state index in [-0.39, 0.29) is 5.56 Å². The van der Waals surface area contributed by atoms with Crippen LogP contribution in [0.15, 0.2) is 36.5 Å². The van der Waals surface area contributed by atoms with E-state index in [0.29, 0.717) is 37.3 Å². The first kappa shape index (κ1) is 20.3. The van der Waals surface area contributed by atoms with Crippen molar-refractivity contribution in [1.82, 2.24) is 14.3 Å². The molecule has 9 nitrogen and oxygen atoms in total. The Bertz CT molecular complexity index is 1090. The lowest BCUT2D eigenvalue weighted by atomic mass is 10.0. The molecule has 4 N–H and O–H groups in total. The number of carbonyl (C=O) groups is 1. The number of benzene rings is 1. The molecule has 30 heavy (non-hydrogen) atoms. The minimum Gasteiger partial charge on any atom is -0.367 e. The highest BCUT2D eigenvalue weighted by Gasteiger charge is 2.24. The largest absolute Gasteiger partial charge is 0.367 e. The molecule has 4 rings (SSSR count). The number of aromatic nitrogens is 2. The van der Waals surface area contributed by atoms with Gasteiger partial charge >= 0.3 is 0 Å². The van der Waals surface area contributed by atoms with Gasteiger partial charge in [-0.1, -0.05) is 18.2 Å². The second-order valence-corrected chi connectivity index (χ2v) is 9.52. The molecular weight excluding hydrogens is 404 g/mol. The zero-order chi connectivity index (χ0) is 21.3. The molecule has 2 aromatic rings. The number of sulfonamides is 1. The van der Waals surface area contributed by atoms with Gasteiger partial charge in [0.05, 0.1) is 11.8 Å². The monoisotopic (exact) mass is 428 g/mol. The number of carbonyl (C=O) groups excluding carboxylic acids is 1. The summed E-state index contributed by atoms with van der Waals surface area (Å²) in [5.41, 5.74) is 8.66. The van der Waals surface area contributed by atoms with Crippen molar-refractivity contribution in [2.45, 2.75) is 25.3 Å². The van der Waals surface area contributed by atoms with Crippen LogP contribution in [-0.2, 0) is 10.0 Å². The molecule has 1 aliphatic carbocycles. The van der Waals surface area contributed by atoms with Gasteiger partial charge in [0, 0.05) is 31.0 Å². The number of nitrogens with zero attached hydrogens (tertiary/aromatic N) is 3. The zero-order valence-corrected chi connectivity index (χ0v) is 17.4. The van der Waals surface area contributed by atoms with E-state index >= 15 is 0 Å². The molecule has 1 saturated carbocycles. The highest BCUT2D eigenvalue weighted by molar-refractivity contribution is 7.88. The van der Waals surface area contributed by atoms with E-state index < -0.39 is 15.9 Å². The molecule has 1 amide bonds. The highest BCUT2D eigenvalue weighted by Crippen LogP contribution is 2.27. The fourth-order valence-corrected chi connectivity index (χ4v) is 4.03. The number of nitrogens with one attached hydrogen (secondary N) is 2. The van der Waals surface area contributed by atoms with Crippen LogP contribution >= 0.6 is 0 Å². The smallest absolute Gasteiger partial charge is 0.254 e. The van der Waals surface area contributed by atoms with E-state index in [2.05, 4.69) is 20.6 Å². The quantitative estimate of drug-likeness (QED) is 0.614. The number of amides is 1. The van der Waals surface area contributed by atoms with E-state index in [0.717, 1.165) is 29.7 Å². The molecule has 1 aliphatic heterocycles. The lowest BCUT2D eigenvalue weighted by Gasteiger charge is -2.24. The average molecular weight is 429 g/mol. The third kappa shape index (κ3) is 4.77. The predicted octanol–water partition coefficient (Wildman–Crippen LogP) is 1.94. The summed E-state index contributed by atoms with van der Waals surface area (Å²) in [5, 5.41) is 6.35. The number of primary amides is 1. The Kier molecular flexibility index (Phi) is 5.44. The predicted molar refractivity (Wildman–Crippen MR) is 116 cm³/mol. The van der Waals surface area contributed by atoms with Gasteiger partial charge in [0.1, 0.15) is 5.82 Å². The summed E-state index contributed by atoms with van der Waals surface area (Å²) in [5.74, 6) is 0.253. The third-order valence-corrected chi connectivity index (χ3v) is 6.39. The van der Waals surface area contributed by atoms with E-state index in [1.807, 2.05) is 30.3 Å². The van der Waals surface area contributed by atoms with Gasteiger partial charge in [-0.15, -0.1) is 0 Å². The van der Waals surface area contributed by atoms with Gasteiger partial charge in [0.2, 0.25) is 16.0 Å². The van der Waals surface area contributed by atoms with Crippen molar-refractivity contribution < 1.29 is 13.2 Å². The van der Waals surface area contributed by atoms with Gasteiger partial charge in [-0.25, -0.2) is 13.4 Å². The van der Waals surface area contributed by atoms with Crippen LogP contribution in [0, 0.1) is 0 Å².